The summed E-state index contributed by atoms with van der Waals surface area (Å²) in [6.45, 7) is 13.6. The molecular weight excluding hydrogens is 368 g/mol. The molecule has 28 heavy (non-hydrogen) atoms. The van der Waals surface area contributed by atoms with Crippen molar-refractivity contribution in [3.8, 4) is 0 Å². The molecule has 0 amide bonds. The molecule has 1 saturated heterocycles. The molecule has 1 aliphatic heterocycles. The Hall–Kier alpha value is -1.40. The predicted molar refractivity (Wildman–Crippen MR) is 117 cm³/mol. The molecule has 4 rings (SSSR count). The minimum Gasteiger partial charge on any atom is -0.355 e. The van der Waals surface area contributed by atoms with E-state index in [1.807, 2.05) is 0 Å². The van der Waals surface area contributed by atoms with Gasteiger partial charge in [-0.3, -0.25) is 4.68 Å². The van der Waals surface area contributed by atoms with Crippen molar-refractivity contribution in [2.24, 2.45) is 17.8 Å². The van der Waals surface area contributed by atoms with Crippen LogP contribution in [0.4, 0.5) is 5.82 Å². The minimum absolute atomic E-state index is 0.601. The van der Waals surface area contributed by atoms with Crippen molar-refractivity contribution in [2.45, 2.75) is 58.4 Å². The summed E-state index contributed by atoms with van der Waals surface area (Å²) in [5.74, 6) is 3.02. The van der Waals surface area contributed by atoms with E-state index in [2.05, 4.69) is 59.8 Å². The van der Waals surface area contributed by atoms with Crippen LogP contribution >= 0.6 is 0 Å². The fourth-order valence-corrected chi connectivity index (χ4v) is 6.06. The molecule has 1 saturated carbocycles. The zero-order valence-corrected chi connectivity index (χ0v) is 18.5. The van der Waals surface area contributed by atoms with Crippen molar-refractivity contribution in [3.05, 3.63) is 18.2 Å². The summed E-state index contributed by atoms with van der Waals surface area (Å²) in [4.78, 5) is 3.22. The molecule has 2 aromatic rings. The lowest BCUT2D eigenvalue weighted by Crippen LogP contribution is -2.39. The van der Waals surface area contributed by atoms with Gasteiger partial charge in [-0.15, -0.1) is 0 Å². The minimum atomic E-state index is -1.10. The van der Waals surface area contributed by atoms with Crippen molar-refractivity contribution >= 4 is 27.7 Å². The van der Waals surface area contributed by atoms with Gasteiger partial charge in [0.15, 0.2) is 5.82 Å². The zero-order chi connectivity index (χ0) is 19.8. The maximum Gasteiger partial charge on any atom is 0.158 e. The predicted octanol–water partition coefficient (Wildman–Crippen LogP) is 4.29. The second-order valence-electron chi connectivity index (χ2n) is 8.84. The third-order valence-electron chi connectivity index (χ3n) is 6.16. The van der Waals surface area contributed by atoms with Gasteiger partial charge in [-0.1, -0.05) is 13.8 Å². The number of aromatic nitrogens is 2. The quantitative estimate of drug-likeness (QED) is 0.694. The van der Waals surface area contributed by atoms with E-state index in [1.165, 1.54) is 24.8 Å². The Labute approximate surface area is 171 Å². The molecule has 2 heterocycles. The molecule has 1 aliphatic carbocycles. The summed E-state index contributed by atoms with van der Waals surface area (Å²) in [7, 11) is -1.10. The van der Waals surface area contributed by atoms with Crippen LogP contribution in [-0.2, 0) is 17.5 Å². The van der Waals surface area contributed by atoms with Gasteiger partial charge in [-0.2, -0.15) is 5.10 Å². The number of fused-ring (bicyclic) bond motifs is 1. The Balaban J connectivity index is 1.70. The van der Waals surface area contributed by atoms with Gasteiger partial charge in [-0.05, 0) is 69.1 Å². The van der Waals surface area contributed by atoms with E-state index >= 15 is 0 Å². The topological polar surface area (TPSA) is 41.4 Å². The van der Waals surface area contributed by atoms with E-state index < -0.39 is 11.0 Å². The molecular formula is C22H34N4OS. The van der Waals surface area contributed by atoms with Crippen LogP contribution in [0.3, 0.4) is 0 Å². The summed E-state index contributed by atoms with van der Waals surface area (Å²) < 4.78 is 17.7. The summed E-state index contributed by atoms with van der Waals surface area (Å²) in [6.07, 6.45) is 3.86. The van der Waals surface area contributed by atoms with Crippen molar-refractivity contribution in [2.75, 3.05) is 31.1 Å². The highest BCUT2D eigenvalue weighted by Gasteiger charge is 2.28. The van der Waals surface area contributed by atoms with Gasteiger partial charge in [-0.25, -0.2) is 8.51 Å². The first kappa shape index (κ1) is 19.9. The van der Waals surface area contributed by atoms with Crippen molar-refractivity contribution < 1.29 is 4.21 Å². The lowest BCUT2D eigenvalue weighted by molar-refractivity contribution is 0.230. The van der Waals surface area contributed by atoms with Crippen molar-refractivity contribution in [1.29, 1.82) is 0 Å². The van der Waals surface area contributed by atoms with Crippen LogP contribution in [0.1, 0.15) is 47.0 Å². The summed E-state index contributed by atoms with van der Waals surface area (Å²) in [5.41, 5.74) is 1.18. The Morgan fingerprint density at radius 1 is 1.14 bits per heavy atom. The van der Waals surface area contributed by atoms with Gasteiger partial charge in [0.05, 0.1) is 10.4 Å². The molecule has 3 unspecified atom stereocenters. The number of nitrogens with zero attached hydrogens (tertiary/aromatic N) is 4. The van der Waals surface area contributed by atoms with Crippen LogP contribution in [0.2, 0.25) is 0 Å². The average Bonchev–Trinajstić information content (AvgIpc) is 3.43. The van der Waals surface area contributed by atoms with Gasteiger partial charge >= 0.3 is 0 Å². The molecule has 0 radical (unpaired) electrons. The number of benzene rings is 1. The van der Waals surface area contributed by atoms with E-state index in [-0.39, 0.29) is 0 Å². The highest BCUT2D eigenvalue weighted by atomic mass is 32.2. The highest BCUT2D eigenvalue weighted by Crippen LogP contribution is 2.35. The van der Waals surface area contributed by atoms with Crippen LogP contribution in [0, 0.1) is 17.8 Å². The largest absolute Gasteiger partial charge is 0.355 e. The number of hydrogen-bond acceptors (Lipinski definition) is 3. The smallest absolute Gasteiger partial charge is 0.158 e. The third-order valence-corrected chi connectivity index (χ3v) is 7.59. The number of hydrogen-bond donors (Lipinski definition) is 0. The van der Waals surface area contributed by atoms with Crippen molar-refractivity contribution in [3.63, 3.8) is 0 Å². The zero-order valence-electron chi connectivity index (χ0n) is 17.7. The second kappa shape index (κ2) is 8.15. The van der Waals surface area contributed by atoms with Gasteiger partial charge < -0.3 is 4.90 Å². The van der Waals surface area contributed by atoms with E-state index in [0.717, 1.165) is 54.7 Å². The van der Waals surface area contributed by atoms with Gasteiger partial charge in [0, 0.05) is 38.1 Å². The molecule has 1 aromatic carbocycles. The summed E-state index contributed by atoms with van der Waals surface area (Å²) in [6, 6.07) is 6.33. The lowest BCUT2D eigenvalue weighted by atomic mass is 9.94. The van der Waals surface area contributed by atoms with Gasteiger partial charge in [0.25, 0.3) is 0 Å². The maximum atomic E-state index is 13.3. The van der Waals surface area contributed by atoms with E-state index in [9.17, 15) is 4.21 Å². The molecule has 5 nitrogen and oxygen atoms in total. The Morgan fingerprint density at radius 3 is 2.43 bits per heavy atom. The van der Waals surface area contributed by atoms with E-state index in [4.69, 9.17) is 5.10 Å². The Morgan fingerprint density at radius 2 is 1.82 bits per heavy atom. The van der Waals surface area contributed by atoms with Crippen LogP contribution in [0.15, 0.2) is 23.1 Å². The number of anilines is 1. The molecule has 0 bridgehead atoms. The molecule has 154 valence electrons. The molecule has 3 atom stereocenters. The average molecular weight is 403 g/mol. The molecule has 0 spiro atoms. The fourth-order valence-electron chi connectivity index (χ4n) is 4.58. The first-order chi connectivity index (χ1) is 13.5. The van der Waals surface area contributed by atoms with Crippen LogP contribution in [0.25, 0.3) is 10.9 Å². The van der Waals surface area contributed by atoms with Crippen LogP contribution < -0.4 is 4.90 Å². The standard InChI is InChI=1S/C22H34N4OS/c1-5-24(6-2)22-20-12-19(28(27)25-13-16(3)11-17(4)14-25)9-10-21(20)26(23-22)15-18-7-8-18/h9-10,12,16-18H,5-8,11,13-15H2,1-4H3. The monoisotopic (exact) mass is 402 g/mol. The van der Waals surface area contributed by atoms with E-state index in [0.29, 0.717) is 11.8 Å². The number of piperidine rings is 1. The highest BCUT2D eigenvalue weighted by molar-refractivity contribution is 7.82. The molecule has 1 aromatic heterocycles. The van der Waals surface area contributed by atoms with E-state index in [1.54, 1.807) is 0 Å². The first-order valence-corrected chi connectivity index (χ1v) is 12.0. The Kier molecular flexibility index (Phi) is 5.79. The van der Waals surface area contributed by atoms with Crippen LogP contribution in [0.5, 0.6) is 0 Å². The summed E-state index contributed by atoms with van der Waals surface area (Å²) >= 11 is 0. The molecule has 0 N–H and O–H groups in total. The molecule has 2 aliphatic rings. The maximum absolute atomic E-state index is 13.3. The lowest BCUT2D eigenvalue weighted by Gasteiger charge is -2.33. The SMILES string of the molecule is CCN(CC)c1nn(CC2CC2)c2ccc(S(=O)N3CC(C)CC(C)C3)cc12. The first-order valence-electron chi connectivity index (χ1n) is 10.9. The molecule has 6 heteroatoms. The fraction of sp³-hybridized carbons (Fsp3) is 0.682. The summed E-state index contributed by atoms with van der Waals surface area (Å²) in [5, 5.41) is 6.13. The van der Waals surface area contributed by atoms with Crippen molar-refractivity contribution in [1.82, 2.24) is 14.1 Å². The Bertz CT molecular complexity index is 846. The third kappa shape index (κ3) is 3.99. The van der Waals surface area contributed by atoms with Gasteiger partial charge in [0.1, 0.15) is 11.0 Å². The number of rotatable bonds is 7. The van der Waals surface area contributed by atoms with Gasteiger partial charge in [0.2, 0.25) is 0 Å². The second-order valence-corrected chi connectivity index (χ2v) is 10.3. The normalized spacial score (nSPS) is 24.6. The molecule has 2 fully saturated rings. The van der Waals surface area contributed by atoms with Crippen LogP contribution in [-0.4, -0.2) is 44.5 Å².